The maximum absolute atomic E-state index is 9.62. The highest BCUT2D eigenvalue weighted by Gasteiger charge is 2.30. The molecule has 0 saturated carbocycles. The van der Waals surface area contributed by atoms with E-state index in [1.807, 2.05) is 0 Å². The van der Waals surface area contributed by atoms with Crippen LogP contribution in [-0.2, 0) is 0 Å². The van der Waals surface area contributed by atoms with E-state index >= 15 is 0 Å². The number of rotatable bonds is 4. The summed E-state index contributed by atoms with van der Waals surface area (Å²) in [5.74, 6) is -0.366. The van der Waals surface area contributed by atoms with Gasteiger partial charge in [0.05, 0.1) is 11.7 Å². The minimum absolute atomic E-state index is 0.366. The first-order chi connectivity index (χ1) is 5.30. The third-order valence-electron chi connectivity index (χ3n) is 1.91. The molecule has 0 saturated heterocycles. The Morgan fingerprint density at radius 2 is 1.92 bits per heavy atom. The molecule has 0 aliphatic heterocycles. The molecule has 0 aliphatic carbocycles. The van der Waals surface area contributed by atoms with Crippen LogP contribution in [0.2, 0.25) is 0 Å². The van der Waals surface area contributed by atoms with Gasteiger partial charge >= 0.3 is 0 Å². The summed E-state index contributed by atoms with van der Waals surface area (Å²) in [6.07, 6.45) is 0.835. The molecular weight excluding hydrogens is 152 g/mol. The van der Waals surface area contributed by atoms with E-state index in [0.717, 1.165) is 0 Å². The Bertz CT molecular complexity index is 177. The summed E-state index contributed by atoms with van der Waals surface area (Å²) in [6, 6.07) is 0. The molecule has 0 fully saturated rings. The average molecular weight is 170 g/mol. The molecular formula is C10H18O2. The molecule has 0 radical (unpaired) electrons. The normalized spacial score (nSPS) is 16.8. The number of hydrogen-bond acceptors (Lipinski definition) is 2. The van der Waals surface area contributed by atoms with E-state index in [0.29, 0.717) is 5.57 Å². The van der Waals surface area contributed by atoms with Crippen molar-refractivity contribution < 1.29 is 10.2 Å². The molecule has 2 nitrogen and oxygen atoms in total. The van der Waals surface area contributed by atoms with Gasteiger partial charge in [-0.05, 0) is 20.8 Å². The first-order valence-corrected chi connectivity index (χ1v) is 3.99. The molecule has 0 aromatic rings. The van der Waals surface area contributed by atoms with Gasteiger partial charge in [0, 0.05) is 5.92 Å². The van der Waals surface area contributed by atoms with Crippen LogP contribution >= 0.6 is 0 Å². The molecule has 2 atom stereocenters. The Morgan fingerprint density at radius 3 is 2.00 bits per heavy atom. The van der Waals surface area contributed by atoms with Crippen LogP contribution < -0.4 is 0 Å². The predicted molar refractivity (Wildman–Crippen MR) is 50.8 cm³/mol. The Morgan fingerprint density at radius 1 is 1.50 bits per heavy atom. The summed E-state index contributed by atoms with van der Waals surface area (Å²) >= 11 is 0. The number of aliphatic hydroxyl groups is 2. The third-order valence-corrected chi connectivity index (χ3v) is 1.91. The van der Waals surface area contributed by atoms with Gasteiger partial charge in [-0.1, -0.05) is 18.2 Å². The monoisotopic (exact) mass is 170 g/mol. The summed E-state index contributed by atoms with van der Waals surface area (Å²) in [5.41, 5.74) is -0.317. The van der Waals surface area contributed by atoms with Crippen LogP contribution in [-0.4, -0.2) is 21.9 Å². The van der Waals surface area contributed by atoms with Crippen molar-refractivity contribution in [1.29, 1.82) is 0 Å². The lowest BCUT2D eigenvalue weighted by Gasteiger charge is -2.30. The summed E-state index contributed by atoms with van der Waals surface area (Å²) in [7, 11) is 0. The van der Waals surface area contributed by atoms with Crippen molar-refractivity contribution in [3.05, 3.63) is 24.8 Å². The van der Waals surface area contributed by atoms with Gasteiger partial charge in [-0.15, -0.1) is 6.58 Å². The molecule has 0 bridgehead atoms. The molecule has 0 aromatic carbocycles. The molecule has 0 rings (SSSR count). The van der Waals surface area contributed by atoms with Crippen LogP contribution in [0, 0.1) is 5.92 Å². The molecule has 12 heavy (non-hydrogen) atoms. The van der Waals surface area contributed by atoms with Gasteiger partial charge in [0.25, 0.3) is 0 Å². The van der Waals surface area contributed by atoms with Crippen molar-refractivity contribution in [2.45, 2.75) is 32.5 Å². The van der Waals surface area contributed by atoms with Crippen LogP contribution in [0.4, 0.5) is 0 Å². The van der Waals surface area contributed by atoms with Crippen molar-refractivity contribution in [2.24, 2.45) is 5.92 Å². The third kappa shape index (κ3) is 2.80. The lowest BCUT2D eigenvalue weighted by molar-refractivity contribution is -0.0113. The highest BCUT2D eigenvalue weighted by molar-refractivity contribution is 5.08. The predicted octanol–water partition coefficient (Wildman–Crippen LogP) is 1.50. The van der Waals surface area contributed by atoms with Gasteiger partial charge in [-0.25, -0.2) is 0 Å². The average Bonchev–Trinajstić information content (AvgIpc) is 1.85. The van der Waals surface area contributed by atoms with Crippen molar-refractivity contribution in [1.82, 2.24) is 0 Å². The second kappa shape index (κ2) is 3.87. The quantitative estimate of drug-likeness (QED) is 0.628. The zero-order chi connectivity index (χ0) is 9.94. The van der Waals surface area contributed by atoms with E-state index in [1.165, 1.54) is 0 Å². The number of hydrogen-bond donors (Lipinski definition) is 2. The van der Waals surface area contributed by atoms with E-state index in [4.69, 9.17) is 0 Å². The first-order valence-electron chi connectivity index (χ1n) is 3.99. The maximum atomic E-state index is 9.62. The lowest BCUT2D eigenvalue weighted by atomic mass is 9.84. The van der Waals surface area contributed by atoms with Gasteiger partial charge in [0.2, 0.25) is 0 Å². The number of aliphatic hydroxyl groups excluding tert-OH is 1. The fourth-order valence-electron chi connectivity index (χ4n) is 1.11. The smallest absolute Gasteiger partial charge is 0.0834 e. The Labute approximate surface area is 74.2 Å². The van der Waals surface area contributed by atoms with Crippen molar-refractivity contribution >= 4 is 0 Å². The van der Waals surface area contributed by atoms with E-state index in [1.54, 1.807) is 26.8 Å². The van der Waals surface area contributed by atoms with Crippen LogP contribution in [0.5, 0.6) is 0 Å². The Hall–Kier alpha value is -0.600. The van der Waals surface area contributed by atoms with Gasteiger partial charge in [0.15, 0.2) is 0 Å². The van der Waals surface area contributed by atoms with Crippen LogP contribution in [0.3, 0.4) is 0 Å². The highest BCUT2D eigenvalue weighted by Crippen LogP contribution is 2.24. The SMILES string of the molecule is C=CC(C(O)C(=C)C)C(C)(C)O. The van der Waals surface area contributed by atoms with Gasteiger partial charge in [0.1, 0.15) is 0 Å². The zero-order valence-corrected chi connectivity index (χ0v) is 8.04. The Balaban J connectivity index is 4.57. The minimum atomic E-state index is -0.958. The molecule has 2 heteroatoms. The Kier molecular flexibility index (Phi) is 3.68. The molecule has 2 unspecified atom stereocenters. The topological polar surface area (TPSA) is 40.5 Å². The van der Waals surface area contributed by atoms with Crippen molar-refractivity contribution in [2.75, 3.05) is 0 Å². The molecule has 0 spiro atoms. The largest absolute Gasteiger partial charge is 0.390 e. The fraction of sp³-hybridized carbons (Fsp3) is 0.600. The van der Waals surface area contributed by atoms with E-state index in [2.05, 4.69) is 13.2 Å². The molecule has 0 aromatic heterocycles. The van der Waals surface area contributed by atoms with Crippen LogP contribution in [0.25, 0.3) is 0 Å². The van der Waals surface area contributed by atoms with Gasteiger partial charge < -0.3 is 10.2 Å². The molecule has 2 N–H and O–H groups in total. The standard InChI is InChI=1S/C10H18O2/c1-6-8(10(4,5)12)9(11)7(2)3/h6,8-9,11-12H,1-2H2,3-5H3. The van der Waals surface area contributed by atoms with Crippen LogP contribution in [0.1, 0.15) is 20.8 Å². The lowest BCUT2D eigenvalue weighted by Crippen LogP contribution is -2.38. The molecule has 0 aliphatic rings. The van der Waals surface area contributed by atoms with E-state index in [9.17, 15) is 10.2 Å². The van der Waals surface area contributed by atoms with E-state index < -0.39 is 11.7 Å². The summed E-state index contributed by atoms with van der Waals surface area (Å²) in [4.78, 5) is 0. The maximum Gasteiger partial charge on any atom is 0.0834 e. The first kappa shape index (κ1) is 11.4. The second-order valence-corrected chi connectivity index (χ2v) is 3.71. The second-order valence-electron chi connectivity index (χ2n) is 3.71. The fourth-order valence-corrected chi connectivity index (χ4v) is 1.11. The van der Waals surface area contributed by atoms with Crippen molar-refractivity contribution in [3.8, 4) is 0 Å². The zero-order valence-electron chi connectivity index (χ0n) is 8.04. The molecule has 70 valence electrons. The molecule has 0 amide bonds. The van der Waals surface area contributed by atoms with E-state index in [-0.39, 0.29) is 5.92 Å². The van der Waals surface area contributed by atoms with Crippen molar-refractivity contribution in [3.63, 3.8) is 0 Å². The van der Waals surface area contributed by atoms with Crippen LogP contribution in [0.15, 0.2) is 24.8 Å². The summed E-state index contributed by atoms with van der Waals surface area (Å²) in [5, 5.41) is 19.2. The van der Waals surface area contributed by atoms with Gasteiger partial charge in [-0.2, -0.15) is 0 Å². The van der Waals surface area contributed by atoms with Gasteiger partial charge in [-0.3, -0.25) is 0 Å². The highest BCUT2D eigenvalue weighted by atomic mass is 16.3. The molecule has 0 heterocycles. The minimum Gasteiger partial charge on any atom is -0.390 e. The summed E-state index contributed by atoms with van der Waals surface area (Å²) in [6.45, 7) is 12.2. The summed E-state index contributed by atoms with van der Waals surface area (Å²) < 4.78 is 0.